The molecule has 18 heavy (non-hydrogen) atoms. The Morgan fingerprint density at radius 2 is 1.33 bits per heavy atom. The van der Waals surface area contributed by atoms with Crippen LogP contribution in [0, 0.1) is 0 Å². The predicted octanol–water partition coefficient (Wildman–Crippen LogP) is 7.72. The maximum atomic E-state index is 3.65. The van der Waals surface area contributed by atoms with Gasteiger partial charge in [0.2, 0.25) is 0 Å². The van der Waals surface area contributed by atoms with Crippen molar-refractivity contribution >= 4 is 59.1 Å². The van der Waals surface area contributed by atoms with E-state index in [0.717, 1.165) is 0 Å². The number of aryl methyl sites for hydroxylation is 1. The van der Waals surface area contributed by atoms with Gasteiger partial charge < -0.3 is 0 Å². The van der Waals surface area contributed by atoms with Crippen LogP contribution >= 0.6 is 59.1 Å². The molecule has 0 radical (unpaired) electrons. The van der Waals surface area contributed by atoms with Crippen LogP contribution < -0.4 is 0 Å². The van der Waals surface area contributed by atoms with Gasteiger partial charge in [-0.3, -0.25) is 0 Å². The lowest BCUT2D eigenvalue weighted by Crippen LogP contribution is -1.84. The van der Waals surface area contributed by atoms with E-state index in [1.54, 1.807) is 0 Å². The molecule has 0 aliphatic carbocycles. The molecule has 0 unspecified atom stereocenters. The molecule has 0 aliphatic rings. The van der Waals surface area contributed by atoms with Crippen molar-refractivity contribution in [2.45, 2.75) is 64.7 Å². The molecule has 0 N–H and O–H groups in total. The first kappa shape index (κ1) is 17.2. The molecular weight excluding hydrogens is 440 g/mol. The van der Waals surface area contributed by atoms with E-state index in [0.29, 0.717) is 0 Å². The number of hydrogen-bond donors (Lipinski definition) is 0. The summed E-state index contributed by atoms with van der Waals surface area (Å²) in [7, 11) is 0. The molecule has 4 heteroatoms. The van der Waals surface area contributed by atoms with Crippen molar-refractivity contribution < 1.29 is 0 Å². The third-order valence-corrected chi connectivity index (χ3v) is 8.26. The highest BCUT2D eigenvalue weighted by atomic mass is 79.9. The van der Waals surface area contributed by atoms with E-state index >= 15 is 0 Å². The second-order valence-corrected chi connectivity index (χ2v) is 8.66. The largest absolute Gasteiger partial charge is 0.131 e. The molecule has 1 rings (SSSR count). The first-order chi connectivity index (χ1) is 8.66. The molecule has 0 spiro atoms. The van der Waals surface area contributed by atoms with Crippen molar-refractivity contribution in [1.82, 2.24) is 0 Å². The van der Waals surface area contributed by atoms with Crippen LogP contribution in [-0.4, -0.2) is 0 Å². The fourth-order valence-corrected chi connectivity index (χ4v) is 5.27. The van der Waals surface area contributed by atoms with E-state index in [-0.39, 0.29) is 0 Å². The van der Waals surface area contributed by atoms with Crippen LogP contribution in [0.2, 0.25) is 0 Å². The lowest BCUT2D eigenvalue weighted by Gasteiger charge is -2.01. The van der Waals surface area contributed by atoms with E-state index in [2.05, 4.69) is 54.7 Å². The van der Waals surface area contributed by atoms with Gasteiger partial charge in [0.05, 0.1) is 8.26 Å². The van der Waals surface area contributed by atoms with Crippen LogP contribution in [-0.2, 0) is 6.42 Å². The zero-order chi connectivity index (χ0) is 13.4. The Morgan fingerprint density at radius 3 is 1.83 bits per heavy atom. The Hall–Kier alpha value is 1.14. The number of thiophene rings is 1. The molecule has 1 aromatic heterocycles. The highest BCUT2D eigenvalue weighted by Crippen LogP contribution is 2.41. The smallest absolute Gasteiger partial charge is 0.0855 e. The van der Waals surface area contributed by atoms with Gasteiger partial charge in [0.25, 0.3) is 0 Å². The topological polar surface area (TPSA) is 0 Å². The fourth-order valence-electron chi connectivity index (χ4n) is 1.99. The first-order valence-corrected chi connectivity index (χ1v) is 9.98. The molecule has 0 bridgehead atoms. The van der Waals surface area contributed by atoms with Crippen molar-refractivity contribution in [2.75, 3.05) is 0 Å². The van der Waals surface area contributed by atoms with Crippen LogP contribution in [0.3, 0.4) is 0 Å². The lowest BCUT2D eigenvalue weighted by molar-refractivity contribution is 0.576. The van der Waals surface area contributed by atoms with E-state index < -0.39 is 0 Å². The number of halogens is 3. The van der Waals surface area contributed by atoms with Gasteiger partial charge >= 0.3 is 0 Å². The van der Waals surface area contributed by atoms with Gasteiger partial charge in [0.15, 0.2) is 0 Å². The third-order valence-electron chi connectivity index (χ3n) is 3.08. The number of hydrogen-bond acceptors (Lipinski definition) is 1. The minimum atomic E-state index is 1.17. The normalized spacial score (nSPS) is 11.1. The average Bonchev–Trinajstić information content (AvgIpc) is 2.60. The third kappa shape index (κ3) is 6.06. The molecule has 0 saturated carbocycles. The number of unbranched alkanes of at least 4 members (excludes halogenated alkanes) is 7. The minimum Gasteiger partial charge on any atom is -0.131 e. The molecule has 0 fully saturated rings. The quantitative estimate of drug-likeness (QED) is 0.331. The standard InChI is InChI=1S/C14H21Br3S/c1-2-3-4-5-6-7-8-9-10-11-12(15)13(16)14(17)18-11/h2-10H2,1H3. The molecule has 0 saturated heterocycles. The average molecular weight is 461 g/mol. The summed E-state index contributed by atoms with van der Waals surface area (Å²) in [5.41, 5.74) is 0. The Bertz CT molecular complexity index is 347. The summed E-state index contributed by atoms with van der Waals surface area (Å²) < 4.78 is 3.60. The van der Waals surface area contributed by atoms with Crippen molar-refractivity contribution in [3.8, 4) is 0 Å². The molecule has 0 aliphatic heterocycles. The Labute approximate surface area is 140 Å². The van der Waals surface area contributed by atoms with Gasteiger partial charge in [-0.05, 0) is 60.6 Å². The maximum Gasteiger partial charge on any atom is 0.0855 e. The van der Waals surface area contributed by atoms with Crippen molar-refractivity contribution in [3.63, 3.8) is 0 Å². The predicted molar refractivity (Wildman–Crippen MR) is 93.7 cm³/mol. The van der Waals surface area contributed by atoms with E-state index in [1.165, 1.54) is 75.4 Å². The second kappa shape index (κ2) is 9.95. The first-order valence-electron chi connectivity index (χ1n) is 6.79. The van der Waals surface area contributed by atoms with Gasteiger partial charge in [-0.25, -0.2) is 0 Å². The molecule has 104 valence electrons. The van der Waals surface area contributed by atoms with Gasteiger partial charge in [0, 0.05) is 9.35 Å². The van der Waals surface area contributed by atoms with Gasteiger partial charge in [0.1, 0.15) is 0 Å². The van der Waals surface area contributed by atoms with Gasteiger partial charge in [-0.2, -0.15) is 0 Å². The molecule has 0 nitrogen and oxygen atoms in total. The van der Waals surface area contributed by atoms with Crippen LogP contribution in [0.15, 0.2) is 12.7 Å². The monoisotopic (exact) mass is 458 g/mol. The highest BCUT2D eigenvalue weighted by molar-refractivity contribution is 9.14. The van der Waals surface area contributed by atoms with E-state index in [4.69, 9.17) is 0 Å². The molecule has 1 aromatic rings. The molecule has 0 aromatic carbocycles. The van der Waals surface area contributed by atoms with Crippen molar-refractivity contribution in [1.29, 1.82) is 0 Å². The molecule has 0 atom stereocenters. The summed E-state index contributed by atoms with van der Waals surface area (Å²) in [6, 6.07) is 0. The fraction of sp³-hybridized carbons (Fsp3) is 0.714. The van der Waals surface area contributed by atoms with Crippen LogP contribution in [0.4, 0.5) is 0 Å². The van der Waals surface area contributed by atoms with Crippen molar-refractivity contribution in [3.05, 3.63) is 17.6 Å². The second-order valence-electron chi connectivity index (χ2n) is 4.65. The van der Waals surface area contributed by atoms with Crippen LogP contribution in [0.25, 0.3) is 0 Å². The van der Waals surface area contributed by atoms with Crippen LogP contribution in [0.5, 0.6) is 0 Å². The van der Waals surface area contributed by atoms with E-state index in [1.807, 2.05) is 11.3 Å². The number of rotatable bonds is 9. The summed E-state index contributed by atoms with van der Waals surface area (Å²) in [6.45, 7) is 2.27. The Kier molecular flexibility index (Phi) is 9.51. The maximum absolute atomic E-state index is 3.65. The summed E-state index contributed by atoms with van der Waals surface area (Å²) in [5.74, 6) is 0. The van der Waals surface area contributed by atoms with Crippen molar-refractivity contribution in [2.24, 2.45) is 0 Å². The summed E-state index contributed by atoms with van der Waals surface area (Å²) in [6.07, 6.45) is 12.3. The summed E-state index contributed by atoms with van der Waals surface area (Å²) in [4.78, 5) is 1.46. The van der Waals surface area contributed by atoms with Gasteiger partial charge in [-0.15, -0.1) is 11.3 Å². The molecule has 1 heterocycles. The Morgan fingerprint density at radius 1 is 0.778 bits per heavy atom. The Balaban J connectivity index is 2.09. The highest BCUT2D eigenvalue weighted by Gasteiger charge is 2.11. The molecule has 0 amide bonds. The molecular formula is C14H21Br3S. The summed E-state index contributed by atoms with van der Waals surface area (Å²) >= 11 is 12.6. The SMILES string of the molecule is CCCCCCCCCCc1sc(Br)c(Br)c1Br. The van der Waals surface area contributed by atoms with Gasteiger partial charge in [-0.1, -0.05) is 51.9 Å². The zero-order valence-electron chi connectivity index (χ0n) is 10.9. The lowest BCUT2D eigenvalue weighted by atomic mass is 10.1. The minimum absolute atomic E-state index is 1.17. The summed E-state index contributed by atoms with van der Waals surface area (Å²) in [5, 5.41) is 0. The van der Waals surface area contributed by atoms with Crippen LogP contribution in [0.1, 0.15) is 63.2 Å². The zero-order valence-corrected chi connectivity index (χ0v) is 16.5. The van der Waals surface area contributed by atoms with E-state index in [9.17, 15) is 0 Å².